The van der Waals surface area contributed by atoms with Crippen molar-refractivity contribution < 1.29 is 14.3 Å². The molecule has 0 fully saturated rings. The standard InChI is InChI=1S/C17H26N2O3S/c1-12(2)9-15(18)17(21)19-14-6-4-5-13(10-14)11-23-8-7-16(20)22-3/h4-6,10,12,15H,7-9,11,18H2,1-3H3,(H,19,21)/t15-/m0/s1. The predicted octanol–water partition coefficient (Wildman–Crippen LogP) is 2.79. The predicted molar refractivity (Wildman–Crippen MR) is 95.3 cm³/mol. The molecule has 0 aromatic heterocycles. The highest BCUT2D eigenvalue weighted by atomic mass is 32.2. The van der Waals surface area contributed by atoms with Gasteiger partial charge < -0.3 is 15.8 Å². The number of anilines is 1. The van der Waals surface area contributed by atoms with Crippen molar-refractivity contribution in [1.82, 2.24) is 0 Å². The van der Waals surface area contributed by atoms with Gasteiger partial charge in [0.25, 0.3) is 0 Å². The Morgan fingerprint density at radius 1 is 1.35 bits per heavy atom. The van der Waals surface area contributed by atoms with Crippen LogP contribution in [0.3, 0.4) is 0 Å². The molecule has 3 N–H and O–H groups in total. The third-order valence-corrected chi connectivity index (χ3v) is 4.23. The van der Waals surface area contributed by atoms with E-state index in [0.29, 0.717) is 24.5 Å². The minimum absolute atomic E-state index is 0.158. The van der Waals surface area contributed by atoms with Crippen LogP contribution in [0.4, 0.5) is 5.69 Å². The molecule has 0 aliphatic heterocycles. The molecule has 0 radical (unpaired) electrons. The van der Waals surface area contributed by atoms with Crippen LogP contribution in [-0.4, -0.2) is 30.8 Å². The lowest BCUT2D eigenvalue weighted by Gasteiger charge is -2.14. The van der Waals surface area contributed by atoms with Gasteiger partial charge in [0, 0.05) is 17.2 Å². The van der Waals surface area contributed by atoms with Crippen LogP contribution >= 0.6 is 11.8 Å². The molecule has 0 aliphatic rings. The largest absolute Gasteiger partial charge is 0.469 e. The number of nitrogens with one attached hydrogen (secondary N) is 1. The summed E-state index contributed by atoms with van der Waals surface area (Å²) < 4.78 is 4.60. The van der Waals surface area contributed by atoms with Crippen LogP contribution in [0.25, 0.3) is 0 Å². The minimum atomic E-state index is -0.493. The molecule has 1 amide bonds. The highest BCUT2D eigenvalue weighted by Crippen LogP contribution is 2.18. The fraction of sp³-hybridized carbons (Fsp3) is 0.529. The highest BCUT2D eigenvalue weighted by Gasteiger charge is 2.15. The molecule has 23 heavy (non-hydrogen) atoms. The molecule has 6 heteroatoms. The number of esters is 1. The molecule has 0 bridgehead atoms. The summed E-state index contributed by atoms with van der Waals surface area (Å²) in [6.45, 7) is 4.08. The number of rotatable bonds is 9. The molecular weight excluding hydrogens is 312 g/mol. The highest BCUT2D eigenvalue weighted by molar-refractivity contribution is 7.98. The fourth-order valence-corrected chi connectivity index (χ4v) is 2.91. The summed E-state index contributed by atoms with van der Waals surface area (Å²) in [5.41, 5.74) is 7.73. The quantitative estimate of drug-likeness (QED) is 0.534. The Kier molecular flexibility index (Phi) is 8.73. The molecule has 5 nitrogen and oxygen atoms in total. The Labute approximate surface area is 142 Å². The van der Waals surface area contributed by atoms with Crippen LogP contribution in [0.15, 0.2) is 24.3 Å². The van der Waals surface area contributed by atoms with Crippen LogP contribution < -0.4 is 11.1 Å². The molecule has 0 heterocycles. The maximum Gasteiger partial charge on any atom is 0.306 e. The lowest BCUT2D eigenvalue weighted by atomic mass is 10.0. The molecule has 1 atom stereocenters. The van der Waals surface area contributed by atoms with Crippen molar-refractivity contribution in [2.24, 2.45) is 11.7 Å². The molecule has 1 aromatic rings. The summed E-state index contributed by atoms with van der Waals surface area (Å²) in [6.07, 6.45) is 1.07. The van der Waals surface area contributed by atoms with Gasteiger partial charge in [-0.2, -0.15) is 11.8 Å². The number of thioether (sulfide) groups is 1. The van der Waals surface area contributed by atoms with E-state index in [-0.39, 0.29) is 11.9 Å². The second kappa shape index (κ2) is 10.3. The van der Waals surface area contributed by atoms with Gasteiger partial charge in [-0.3, -0.25) is 9.59 Å². The lowest BCUT2D eigenvalue weighted by Crippen LogP contribution is -2.36. The Hall–Kier alpha value is -1.53. The maximum atomic E-state index is 12.0. The number of methoxy groups -OCH3 is 1. The van der Waals surface area contributed by atoms with Crippen LogP contribution in [-0.2, 0) is 20.1 Å². The summed E-state index contributed by atoms with van der Waals surface area (Å²) in [7, 11) is 1.39. The zero-order chi connectivity index (χ0) is 17.2. The van der Waals surface area contributed by atoms with Gasteiger partial charge in [0.1, 0.15) is 0 Å². The SMILES string of the molecule is COC(=O)CCSCc1cccc(NC(=O)[C@@H](N)CC(C)C)c1. The van der Waals surface area contributed by atoms with Crippen molar-refractivity contribution >= 4 is 29.3 Å². The van der Waals surface area contributed by atoms with Gasteiger partial charge in [-0.15, -0.1) is 0 Å². The molecule has 0 saturated heterocycles. The van der Waals surface area contributed by atoms with E-state index in [4.69, 9.17) is 5.73 Å². The molecule has 0 spiro atoms. The van der Waals surface area contributed by atoms with E-state index >= 15 is 0 Å². The van der Waals surface area contributed by atoms with Crippen molar-refractivity contribution in [1.29, 1.82) is 0 Å². The molecule has 1 rings (SSSR count). The minimum Gasteiger partial charge on any atom is -0.469 e. The third-order valence-electron chi connectivity index (χ3n) is 3.20. The number of amides is 1. The fourth-order valence-electron chi connectivity index (χ4n) is 2.04. The van der Waals surface area contributed by atoms with Crippen LogP contribution in [0.1, 0.15) is 32.3 Å². The van der Waals surface area contributed by atoms with Crippen molar-refractivity contribution in [2.45, 2.75) is 38.5 Å². The summed E-state index contributed by atoms with van der Waals surface area (Å²) in [5.74, 6) is 1.52. The molecule has 128 valence electrons. The number of nitrogens with two attached hydrogens (primary N) is 1. The number of ether oxygens (including phenoxy) is 1. The van der Waals surface area contributed by atoms with E-state index in [1.165, 1.54) is 7.11 Å². The zero-order valence-electron chi connectivity index (χ0n) is 14.0. The van der Waals surface area contributed by atoms with Crippen LogP contribution in [0, 0.1) is 5.92 Å². The molecular formula is C17H26N2O3S. The van der Waals surface area contributed by atoms with Gasteiger partial charge in [-0.05, 0) is 30.0 Å². The van der Waals surface area contributed by atoms with Crippen LogP contribution in [0.2, 0.25) is 0 Å². The molecule has 0 unspecified atom stereocenters. The Morgan fingerprint density at radius 3 is 2.74 bits per heavy atom. The lowest BCUT2D eigenvalue weighted by molar-refractivity contribution is -0.140. The maximum absolute atomic E-state index is 12.0. The van der Waals surface area contributed by atoms with E-state index in [0.717, 1.165) is 17.0 Å². The van der Waals surface area contributed by atoms with E-state index in [1.807, 2.05) is 38.1 Å². The topological polar surface area (TPSA) is 81.4 Å². The van der Waals surface area contributed by atoms with Gasteiger partial charge in [0.05, 0.1) is 19.6 Å². The van der Waals surface area contributed by atoms with Crippen molar-refractivity contribution in [2.75, 3.05) is 18.2 Å². The van der Waals surface area contributed by atoms with Gasteiger partial charge in [0.15, 0.2) is 0 Å². The normalized spacial score (nSPS) is 12.0. The molecule has 0 saturated carbocycles. The van der Waals surface area contributed by atoms with E-state index in [1.54, 1.807) is 11.8 Å². The summed E-state index contributed by atoms with van der Waals surface area (Å²) in [4.78, 5) is 23.1. The first-order valence-electron chi connectivity index (χ1n) is 7.72. The first kappa shape index (κ1) is 19.5. The first-order valence-corrected chi connectivity index (χ1v) is 8.87. The summed E-state index contributed by atoms with van der Waals surface area (Å²) in [5, 5.41) is 2.86. The second-order valence-corrected chi connectivity index (χ2v) is 6.91. The van der Waals surface area contributed by atoms with Crippen molar-refractivity contribution in [3.05, 3.63) is 29.8 Å². The van der Waals surface area contributed by atoms with Gasteiger partial charge >= 0.3 is 5.97 Å². The first-order chi connectivity index (χ1) is 10.9. The molecule has 0 aliphatic carbocycles. The third kappa shape index (κ3) is 8.04. The Morgan fingerprint density at radius 2 is 2.09 bits per heavy atom. The number of hydrogen-bond donors (Lipinski definition) is 2. The number of carbonyl (C=O) groups is 2. The number of carbonyl (C=O) groups excluding carboxylic acids is 2. The van der Waals surface area contributed by atoms with Crippen molar-refractivity contribution in [3.8, 4) is 0 Å². The van der Waals surface area contributed by atoms with E-state index in [9.17, 15) is 9.59 Å². The summed E-state index contributed by atoms with van der Waals surface area (Å²) in [6, 6.07) is 7.19. The van der Waals surface area contributed by atoms with Gasteiger partial charge in [0.2, 0.25) is 5.91 Å². The van der Waals surface area contributed by atoms with Crippen molar-refractivity contribution in [3.63, 3.8) is 0 Å². The zero-order valence-corrected chi connectivity index (χ0v) is 14.8. The monoisotopic (exact) mass is 338 g/mol. The average Bonchev–Trinajstić information content (AvgIpc) is 2.51. The Bertz CT molecular complexity index is 520. The van der Waals surface area contributed by atoms with E-state index < -0.39 is 6.04 Å². The summed E-state index contributed by atoms with van der Waals surface area (Å²) >= 11 is 1.65. The average molecular weight is 338 g/mol. The number of benzene rings is 1. The van der Waals surface area contributed by atoms with Gasteiger partial charge in [-0.1, -0.05) is 26.0 Å². The number of hydrogen-bond acceptors (Lipinski definition) is 5. The molecule has 1 aromatic carbocycles. The smallest absolute Gasteiger partial charge is 0.306 e. The second-order valence-electron chi connectivity index (χ2n) is 5.80. The van der Waals surface area contributed by atoms with E-state index in [2.05, 4.69) is 10.1 Å². The van der Waals surface area contributed by atoms with Crippen LogP contribution in [0.5, 0.6) is 0 Å². The van der Waals surface area contributed by atoms with Gasteiger partial charge in [-0.25, -0.2) is 0 Å². The Balaban J connectivity index is 2.46.